The van der Waals surface area contributed by atoms with E-state index in [4.69, 9.17) is 4.74 Å². The number of nitrogens with zero attached hydrogens (tertiary/aromatic N) is 1. The van der Waals surface area contributed by atoms with Crippen LogP contribution in [0.2, 0.25) is 0 Å². The summed E-state index contributed by atoms with van der Waals surface area (Å²) in [6, 6.07) is 0. The summed E-state index contributed by atoms with van der Waals surface area (Å²) in [7, 11) is 0. The smallest absolute Gasteiger partial charge is 0.410 e. The molecule has 0 aromatic heterocycles. The van der Waals surface area contributed by atoms with Crippen molar-refractivity contribution in [3.8, 4) is 0 Å². The van der Waals surface area contributed by atoms with Crippen LogP contribution in [0.4, 0.5) is 4.79 Å². The first-order valence-corrected chi connectivity index (χ1v) is 4.85. The molecule has 15 heavy (non-hydrogen) atoms. The van der Waals surface area contributed by atoms with Gasteiger partial charge in [-0.25, -0.2) is 4.79 Å². The van der Waals surface area contributed by atoms with Crippen LogP contribution >= 0.6 is 0 Å². The van der Waals surface area contributed by atoms with Crippen molar-refractivity contribution in [2.45, 2.75) is 40.2 Å². The summed E-state index contributed by atoms with van der Waals surface area (Å²) < 4.78 is 5.19. The molecule has 1 unspecified atom stereocenters. The molecule has 88 valence electrons. The number of aldehydes is 1. The quantitative estimate of drug-likeness (QED) is 0.629. The Labute approximate surface area is 91.6 Å². The second kappa shape index (κ2) is 5.14. The fourth-order valence-corrected chi connectivity index (χ4v) is 1.39. The van der Waals surface area contributed by atoms with Crippen molar-refractivity contribution in [2.75, 3.05) is 13.1 Å². The van der Waals surface area contributed by atoms with Gasteiger partial charge in [-0.05, 0) is 27.2 Å². The van der Waals surface area contributed by atoms with Gasteiger partial charge < -0.3 is 14.4 Å². The van der Waals surface area contributed by atoms with Crippen LogP contribution in [0.1, 0.15) is 34.6 Å². The van der Waals surface area contributed by atoms with Gasteiger partial charge in [0.15, 0.2) is 0 Å². The summed E-state index contributed by atoms with van der Waals surface area (Å²) in [5.41, 5.74) is -0.462. The number of ether oxygens (including phenoxy) is 1. The molecule has 0 aliphatic carbocycles. The second-order valence-corrected chi connectivity index (χ2v) is 4.61. The van der Waals surface area contributed by atoms with Gasteiger partial charge in [0, 0.05) is 19.0 Å². The lowest BCUT2D eigenvalue weighted by molar-refractivity contribution is -0.110. The fraction of sp³-hybridized carbons (Fsp3) is 0.818. The van der Waals surface area contributed by atoms with Crippen molar-refractivity contribution in [3.05, 3.63) is 0 Å². The summed E-state index contributed by atoms with van der Waals surface area (Å²) in [4.78, 5) is 23.6. The Kier molecular flexibility index (Phi) is 4.78. The SMILES string of the molecule is C.CC(C)(C)OC(=O)N1CCC(C=O)C1. The molecule has 4 heteroatoms. The Morgan fingerprint density at radius 1 is 1.47 bits per heavy atom. The number of carbonyl (C=O) groups excluding carboxylic acids is 2. The zero-order chi connectivity index (χ0) is 10.8. The normalized spacial score (nSPS) is 20.7. The minimum Gasteiger partial charge on any atom is -0.444 e. The van der Waals surface area contributed by atoms with E-state index in [9.17, 15) is 9.59 Å². The Morgan fingerprint density at radius 2 is 2.07 bits per heavy atom. The molecule has 4 nitrogen and oxygen atoms in total. The number of hydrogen-bond donors (Lipinski definition) is 0. The largest absolute Gasteiger partial charge is 0.444 e. The van der Waals surface area contributed by atoms with Crippen molar-refractivity contribution in [1.29, 1.82) is 0 Å². The van der Waals surface area contributed by atoms with E-state index in [2.05, 4.69) is 0 Å². The number of amides is 1. The molecule has 1 fully saturated rings. The number of likely N-dealkylation sites (tertiary alicyclic amines) is 1. The molecule has 1 saturated heterocycles. The van der Waals surface area contributed by atoms with Gasteiger partial charge in [-0.3, -0.25) is 0 Å². The van der Waals surface area contributed by atoms with Gasteiger partial charge in [-0.15, -0.1) is 0 Å². The molecule has 0 saturated carbocycles. The monoisotopic (exact) mass is 215 g/mol. The third kappa shape index (κ3) is 4.32. The van der Waals surface area contributed by atoms with Gasteiger partial charge in [-0.1, -0.05) is 7.43 Å². The standard InChI is InChI=1S/C10H17NO3.CH4/c1-10(2,3)14-9(13)11-5-4-8(6-11)7-12;/h7-8H,4-6H2,1-3H3;1H4. The second-order valence-electron chi connectivity index (χ2n) is 4.61. The first-order valence-electron chi connectivity index (χ1n) is 4.85. The molecule has 1 aliphatic rings. The maximum Gasteiger partial charge on any atom is 0.410 e. The van der Waals surface area contributed by atoms with E-state index >= 15 is 0 Å². The third-order valence-corrected chi connectivity index (χ3v) is 2.07. The van der Waals surface area contributed by atoms with Crippen LogP contribution in [0.25, 0.3) is 0 Å². The fourth-order valence-electron chi connectivity index (χ4n) is 1.39. The van der Waals surface area contributed by atoms with Crippen molar-refractivity contribution in [3.63, 3.8) is 0 Å². The maximum atomic E-state index is 11.5. The summed E-state index contributed by atoms with van der Waals surface area (Å²) in [6.07, 6.45) is 1.34. The molecular weight excluding hydrogens is 194 g/mol. The zero-order valence-corrected chi connectivity index (χ0v) is 8.95. The molecule has 1 heterocycles. The van der Waals surface area contributed by atoms with Gasteiger partial charge >= 0.3 is 6.09 Å². The highest BCUT2D eigenvalue weighted by Gasteiger charge is 2.29. The van der Waals surface area contributed by atoms with Gasteiger partial charge in [0.1, 0.15) is 11.9 Å². The number of hydrogen-bond acceptors (Lipinski definition) is 3. The van der Waals surface area contributed by atoms with Gasteiger partial charge in [0.25, 0.3) is 0 Å². The predicted octanol–water partition coefficient (Wildman–Crippen LogP) is 2.08. The van der Waals surface area contributed by atoms with Crippen LogP contribution in [-0.4, -0.2) is 36.0 Å². The van der Waals surface area contributed by atoms with Gasteiger partial charge in [0.05, 0.1) is 0 Å². The van der Waals surface area contributed by atoms with Crippen LogP contribution in [0, 0.1) is 5.92 Å². The van der Waals surface area contributed by atoms with Crippen LogP contribution in [0.5, 0.6) is 0 Å². The van der Waals surface area contributed by atoms with Crippen molar-refractivity contribution in [1.82, 2.24) is 4.90 Å². The summed E-state index contributed by atoms with van der Waals surface area (Å²) in [5, 5.41) is 0. The van der Waals surface area contributed by atoms with Crippen molar-refractivity contribution >= 4 is 12.4 Å². The van der Waals surface area contributed by atoms with Gasteiger partial charge in [-0.2, -0.15) is 0 Å². The van der Waals surface area contributed by atoms with Crippen LogP contribution in [0.15, 0.2) is 0 Å². The lowest BCUT2D eigenvalue weighted by Gasteiger charge is -2.24. The maximum absolute atomic E-state index is 11.5. The molecule has 1 rings (SSSR count). The van der Waals surface area contributed by atoms with Crippen molar-refractivity contribution in [2.24, 2.45) is 5.92 Å². The van der Waals surface area contributed by atoms with E-state index in [1.165, 1.54) is 0 Å². The molecule has 1 amide bonds. The highest BCUT2D eigenvalue weighted by atomic mass is 16.6. The molecule has 0 spiro atoms. The Bertz CT molecular complexity index is 232. The van der Waals surface area contributed by atoms with E-state index in [0.29, 0.717) is 13.1 Å². The summed E-state index contributed by atoms with van der Waals surface area (Å²) >= 11 is 0. The average molecular weight is 215 g/mol. The molecule has 0 aromatic carbocycles. The first-order chi connectivity index (χ1) is 6.42. The lowest BCUT2D eigenvalue weighted by atomic mass is 10.1. The van der Waals surface area contributed by atoms with E-state index < -0.39 is 5.60 Å². The van der Waals surface area contributed by atoms with Crippen LogP contribution < -0.4 is 0 Å². The molecule has 0 aromatic rings. The topological polar surface area (TPSA) is 46.6 Å². The predicted molar refractivity (Wildman–Crippen MR) is 58.7 cm³/mol. The van der Waals surface area contributed by atoms with E-state index in [1.54, 1.807) is 4.90 Å². The van der Waals surface area contributed by atoms with Crippen molar-refractivity contribution < 1.29 is 14.3 Å². The minimum atomic E-state index is -0.462. The highest BCUT2D eigenvalue weighted by Crippen LogP contribution is 2.17. The van der Waals surface area contributed by atoms with E-state index in [1.807, 2.05) is 20.8 Å². The first kappa shape index (κ1) is 13.9. The van der Waals surface area contributed by atoms with E-state index in [0.717, 1.165) is 12.7 Å². The Hall–Kier alpha value is -1.06. The molecule has 1 atom stereocenters. The lowest BCUT2D eigenvalue weighted by Crippen LogP contribution is -2.35. The molecule has 0 bridgehead atoms. The molecule has 1 aliphatic heterocycles. The van der Waals surface area contributed by atoms with Crippen LogP contribution in [-0.2, 0) is 9.53 Å². The van der Waals surface area contributed by atoms with Gasteiger partial charge in [0.2, 0.25) is 0 Å². The average Bonchev–Trinajstić information content (AvgIpc) is 2.48. The summed E-state index contributed by atoms with van der Waals surface area (Å²) in [6.45, 7) is 6.62. The molecule has 0 radical (unpaired) electrons. The Balaban J connectivity index is 0.00000196. The van der Waals surface area contributed by atoms with E-state index in [-0.39, 0.29) is 19.4 Å². The Morgan fingerprint density at radius 3 is 2.47 bits per heavy atom. The molecule has 0 N–H and O–H groups in total. The third-order valence-electron chi connectivity index (χ3n) is 2.07. The minimum absolute atomic E-state index is 0. The molecular formula is C11H21NO3. The zero-order valence-electron chi connectivity index (χ0n) is 8.95. The highest BCUT2D eigenvalue weighted by molar-refractivity contribution is 5.69. The number of rotatable bonds is 1. The van der Waals surface area contributed by atoms with Crippen LogP contribution in [0.3, 0.4) is 0 Å². The summed E-state index contributed by atoms with van der Waals surface area (Å²) in [5.74, 6) is -0.0116. The number of carbonyl (C=O) groups is 2.